The SMILES string of the molecule is Cc1ccc(N)cc1NC(=O)C(C)N(CC#N)CC#N. The number of rotatable bonds is 5. The Bertz CT molecular complexity index is 554. The van der Waals surface area contributed by atoms with Crippen molar-refractivity contribution in [2.45, 2.75) is 19.9 Å². The fourth-order valence-corrected chi connectivity index (χ4v) is 1.69. The van der Waals surface area contributed by atoms with E-state index in [0.717, 1.165) is 5.56 Å². The van der Waals surface area contributed by atoms with Gasteiger partial charge in [0.1, 0.15) is 0 Å². The highest BCUT2D eigenvalue weighted by atomic mass is 16.2. The molecule has 0 saturated carbocycles. The van der Waals surface area contributed by atoms with Crippen LogP contribution in [0.2, 0.25) is 0 Å². The predicted molar refractivity (Wildman–Crippen MR) is 76.5 cm³/mol. The molecular weight excluding hydrogens is 254 g/mol. The number of nitriles is 2. The molecule has 0 saturated heterocycles. The number of benzene rings is 1. The van der Waals surface area contributed by atoms with Gasteiger partial charge in [0, 0.05) is 11.4 Å². The number of nitrogens with two attached hydrogens (primary N) is 1. The van der Waals surface area contributed by atoms with Crippen LogP contribution in [0, 0.1) is 29.6 Å². The van der Waals surface area contributed by atoms with Crippen LogP contribution in [0.1, 0.15) is 12.5 Å². The van der Waals surface area contributed by atoms with Gasteiger partial charge >= 0.3 is 0 Å². The number of aryl methyl sites for hydroxylation is 1. The van der Waals surface area contributed by atoms with Crippen molar-refractivity contribution in [3.63, 3.8) is 0 Å². The van der Waals surface area contributed by atoms with E-state index < -0.39 is 6.04 Å². The Hall–Kier alpha value is -2.57. The molecule has 3 N–H and O–H groups in total. The monoisotopic (exact) mass is 271 g/mol. The Morgan fingerprint density at radius 3 is 2.55 bits per heavy atom. The topological polar surface area (TPSA) is 106 Å². The predicted octanol–water partition coefficient (Wildman–Crippen LogP) is 1.25. The molecule has 1 rings (SSSR count). The van der Waals surface area contributed by atoms with E-state index in [1.54, 1.807) is 19.1 Å². The Kier molecular flexibility index (Phi) is 5.52. The van der Waals surface area contributed by atoms with Gasteiger partial charge in [0.2, 0.25) is 5.91 Å². The van der Waals surface area contributed by atoms with Gasteiger partial charge in [0.05, 0.1) is 31.3 Å². The summed E-state index contributed by atoms with van der Waals surface area (Å²) in [5, 5.41) is 20.2. The molecule has 0 aliphatic heterocycles. The molecule has 1 atom stereocenters. The summed E-state index contributed by atoms with van der Waals surface area (Å²) in [6.07, 6.45) is 0. The molecule has 0 heterocycles. The molecule has 0 aliphatic carbocycles. The number of hydrogen-bond acceptors (Lipinski definition) is 5. The van der Waals surface area contributed by atoms with E-state index in [9.17, 15) is 4.79 Å². The molecule has 6 nitrogen and oxygen atoms in total. The normalized spacial score (nSPS) is 11.4. The molecule has 0 bridgehead atoms. The molecule has 104 valence electrons. The zero-order chi connectivity index (χ0) is 15.1. The lowest BCUT2D eigenvalue weighted by Crippen LogP contribution is -2.42. The van der Waals surface area contributed by atoms with Crippen molar-refractivity contribution < 1.29 is 4.79 Å². The maximum absolute atomic E-state index is 12.2. The fourth-order valence-electron chi connectivity index (χ4n) is 1.69. The van der Waals surface area contributed by atoms with Crippen LogP contribution in [-0.2, 0) is 4.79 Å². The highest BCUT2D eigenvalue weighted by Crippen LogP contribution is 2.18. The Morgan fingerprint density at radius 2 is 2.00 bits per heavy atom. The summed E-state index contributed by atoms with van der Waals surface area (Å²) in [6, 6.07) is 8.57. The van der Waals surface area contributed by atoms with Gasteiger partial charge in [-0.2, -0.15) is 10.5 Å². The summed E-state index contributed by atoms with van der Waals surface area (Å²) in [5.74, 6) is -0.274. The van der Waals surface area contributed by atoms with Crippen LogP contribution in [0.5, 0.6) is 0 Å². The number of nitrogens with zero attached hydrogens (tertiary/aromatic N) is 3. The average Bonchev–Trinajstić information content (AvgIpc) is 2.41. The lowest BCUT2D eigenvalue weighted by Gasteiger charge is -2.23. The van der Waals surface area contributed by atoms with Crippen molar-refractivity contribution in [2.24, 2.45) is 0 Å². The lowest BCUT2D eigenvalue weighted by molar-refractivity contribution is -0.120. The number of anilines is 2. The van der Waals surface area contributed by atoms with Gasteiger partial charge < -0.3 is 11.1 Å². The smallest absolute Gasteiger partial charge is 0.241 e. The molecule has 0 radical (unpaired) electrons. The summed E-state index contributed by atoms with van der Waals surface area (Å²) >= 11 is 0. The Morgan fingerprint density at radius 1 is 1.40 bits per heavy atom. The third kappa shape index (κ3) is 3.98. The second-order valence-corrected chi connectivity index (χ2v) is 4.46. The van der Waals surface area contributed by atoms with Crippen LogP contribution in [0.25, 0.3) is 0 Å². The van der Waals surface area contributed by atoms with Gasteiger partial charge in [0.25, 0.3) is 0 Å². The molecule has 1 amide bonds. The minimum Gasteiger partial charge on any atom is -0.399 e. The van der Waals surface area contributed by atoms with Gasteiger partial charge in [-0.3, -0.25) is 9.69 Å². The average molecular weight is 271 g/mol. The van der Waals surface area contributed by atoms with Gasteiger partial charge in [0.15, 0.2) is 0 Å². The van der Waals surface area contributed by atoms with Crippen molar-refractivity contribution in [1.82, 2.24) is 4.90 Å². The van der Waals surface area contributed by atoms with Crippen LogP contribution in [-0.4, -0.2) is 29.9 Å². The molecule has 1 aromatic carbocycles. The molecule has 1 unspecified atom stereocenters. The van der Waals surface area contributed by atoms with E-state index in [1.807, 2.05) is 25.1 Å². The maximum atomic E-state index is 12.2. The number of hydrogen-bond donors (Lipinski definition) is 2. The van der Waals surface area contributed by atoms with Gasteiger partial charge in [-0.25, -0.2) is 0 Å². The van der Waals surface area contributed by atoms with Crippen molar-refractivity contribution in [3.8, 4) is 12.1 Å². The second kappa shape index (κ2) is 7.13. The number of nitrogens with one attached hydrogen (secondary N) is 1. The van der Waals surface area contributed by atoms with Crippen LogP contribution in [0.15, 0.2) is 18.2 Å². The molecule has 0 spiro atoms. The molecule has 0 fully saturated rings. The first kappa shape index (κ1) is 15.5. The van der Waals surface area contributed by atoms with Crippen LogP contribution in [0.4, 0.5) is 11.4 Å². The maximum Gasteiger partial charge on any atom is 0.241 e. The van der Waals surface area contributed by atoms with E-state index in [1.165, 1.54) is 4.90 Å². The van der Waals surface area contributed by atoms with Crippen LogP contribution >= 0.6 is 0 Å². The number of carbonyl (C=O) groups is 1. The van der Waals surface area contributed by atoms with Crippen molar-refractivity contribution in [1.29, 1.82) is 10.5 Å². The highest BCUT2D eigenvalue weighted by molar-refractivity contribution is 5.95. The number of amides is 1. The van der Waals surface area contributed by atoms with E-state index in [4.69, 9.17) is 16.3 Å². The molecule has 1 aromatic rings. The fraction of sp³-hybridized carbons (Fsp3) is 0.357. The van der Waals surface area contributed by atoms with E-state index in [-0.39, 0.29) is 19.0 Å². The molecular formula is C14H17N5O. The first-order chi connectivity index (χ1) is 9.49. The largest absolute Gasteiger partial charge is 0.399 e. The molecule has 0 aromatic heterocycles. The van der Waals surface area contributed by atoms with E-state index in [0.29, 0.717) is 11.4 Å². The standard InChI is InChI=1S/C14H17N5O/c1-10-3-4-12(17)9-13(10)18-14(20)11(2)19(7-5-15)8-6-16/h3-4,9,11H,7-8,17H2,1-2H3,(H,18,20). The van der Waals surface area contributed by atoms with E-state index >= 15 is 0 Å². The Balaban J connectivity index is 2.82. The molecule has 6 heteroatoms. The highest BCUT2D eigenvalue weighted by Gasteiger charge is 2.21. The zero-order valence-electron chi connectivity index (χ0n) is 11.6. The Labute approximate surface area is 118 Å². The van der Waals surface area contributed by atoms with Crippen LogP contribution in [0.3, 0.4) is 0 Å². The quantitative estimate of drug-likeness (QED) is 0.619. The minimum absolute atomic E-state index is 0.0259. The number of carbonyl (C=O) groups excluding carboxylic acids is 1. The summed E-state index contributed by atoms with van der Waals surface area (Å²) in [4.78, 5) is 13.7. The van der Waals surface area contributed by atoms with Crippen LogP contribution < -0.4 is 11.1 Å². The summed E-state index contributed by atoms with van der Waals surface area (Å²) in [6.45, 7) is 3.57. The van der Waals surface area contributed by atoms with Gasteiger partial charge in [-0.1, -0.05) is 6.07 Å². The third-order valence-corrected chi connectivity index (χ3v) is 2.99. The van der Waals surface area contributed by atoms with Crippen molar-refractivity contribution in [2.75, 3.05) is 24.1 Å². The third-order valence-electron chi connectivity index (χ3n) is 2.99. The van der Waals surface area contributed by atoms with Crippen molar-refractivity contribution >= 4 is 17.3 Å². The zero-order valence-corrected chi connectivity index (χ0v) is 11.6. The summed E-state index contributed by atoms with van der Waals surface area (Å²) in [7, 11) is 0. The molecule has 20 heavy (non-hydrogen) atoms. The van der Waals surface area contributed by atoms with E-state index in [2.05, 4.69) is 5.32 Å². The summed E-state index contributed by atoms with van der Waals surface area (Å²) in [5.41, 5.74) is 7.78. The van der Waals surface area contributed by atoms with Crippen molar-refractivity contribution in [3.05, 3.63) is 23.8 Å². The lowest BCUT2D eigenvalue weighted by atomic mass is 10.1. The van der Waals surface area contributed by atoms with Gasteiger partial charge in [-0.15, -0.1) is 0 Å². The van der Waals surface area contributed by atoms with Gasteiger partial charge in [-0.05, 0) is 31.5 Å². The first-order valence-corrected chi connectivity index (χ1v) is 6.14. The number of nitrogen functional groups attached to an aromatic ring is 1. The second-order valence-electron chi connectivity index (χ2n) is 4.46. The first-order valence-electron chi connectivity index (χ1n) is 6.14. The summed E-state index contributed by atoms with van der Waals surface area (Å²) < 4.78 is 0. The molecule has 0 aliphatic rings. The minimum atomic E-state index is -0.574.